The van der Waals surface area contributed by atoms with E-state index in [1.54, 1.807) is 52.1 Å². The van der Waals surface area contributed by atoms with Crippen molar-refractivity contribution in [3.05, 3.63) is 59.7 Å². The van der Waals surface area contributed by atoms with Gasteiger partial charge in [-0.2, -0.15) is 0 Å². The third-order valence-corrected chi connectivity index (χ3v) is 4.49. The number of carbonyl (C=O) groups excluding carboxylic acids is 2. The number of aromatic nitrogens is 2. The fourth-order valence-electron chi connectivity index (χ4n) is 3.25. The molecule has 162 valence electrons. The minimum absolute atomic E-state index is 0.235. The van der Waals surface area contributed by atoms with E-state index in [-0.39, 0.29) is 5.56 Å². The van der Waals surface area contributed by atoms with E-state index in [0.717, 1.165) is 0 Å². The SMILES string of the molecule is CNC(=O)c1c(-c2ccccn2)c(C(C)NC(=O)OC(C)(C)C)nc2ccc(F)cc12. The Bertz CT molecular complexity index is 1130. The molecule has 0 bridgehead atoms. The third-order valence-electron chi connectivity index (χ3n) is 4.49. The minimum Gasteiger partial charge on any atom is -0.444 e. The molecule has 31 heavy (non-hydrogen) atoms. The first-order valence-corrected chi connectivity index (χ1v) is 9.87. The van der Waals surface area contributed by atoms with Crippen LogP contribution in [0.15, 0.2) is 42.6 Å². The van der Waals surface area contributed by atoms with Crippen LogP contribution in [0.3, 0.4) is 0 Å². The number of nitrogens with one attached hydrogen (secondary N) is 2. The van der Waals surface area contributed by atoms with Gasteiger partial charge in [0, 0.05) is 24.2 Å². The molecular formula is C23H25FN4O3. The van der Waals surface area contributed by atoms with Crippen LogP contribution in [0.2, 0.25) is 0 Å². The number of carbonyl (C=O) groups is 2. The molecule has 2 aromatic heterocycles. The van der Waals surface area contributed by atoms with E-state index in [2.05, 4.69) is 20.6 Å². The van der Waals surface area contributed by atoms with Crippen LogP contribution < -0.4 is 10.6 Å². The molecular weight excluding hydrogens is 399 g/mol. The molecule has 2 heterocycles. The van der Waals surface area contributed by atoms with Crippen LogP contribution >= 0.6 is 0 Å². The highest BCUT2D eigenvalue weighted by atomic mass is 19.1. The minimum atomic E-state index is -0.671. The Morgan fingerprint density at radius 3 is 2.52 bits per heavy atom. The molecule has 0 spiro atoms. The maximum Gasteiger partial charge on any atom is 0.408 e. The highest BCUT2D eigenvalue weighted by Crippen LogP contribution is 2.34. The zero-order valence-electron chi connectivity index (χ0n) is 18.1. The van der Waals surface area contributed by atoms with Crippen molar-refractivity contribution in [2.24, 2.45) is 0 Å². The molecule has 0 saturated carbocycles. The first-order chi connectivity index (χ1) is 14.6. The number of fused-ring (bicyclic) bond motifs is 1. The summed E-state index contributed by atoms with van der Waals surface area (Å²) in [6.07, 6.45) is 0.976. The van der Waals surface area contributed by atoms with Crippen molar-refractivity contribution in [3.63, 3.8) is 0 Å². The summed E-state index contributed by atoms with van der Waals surface area (Å²) in [7, 11) is 1.50. The smallest absolute Gasteiger partial charge is 0.408 e. The maximum atomic E-state index is 14.1. The molecule has 0 radical (unpaired) electrons. The second-order valence-electron chi connectivity index (χ2n) is 8.07. The predicted octanol–water partition coefficient (Wildman–Crippen LogP) is 4.38. The number of alkyl carbamates (subject to hydrolysis) is 1. The second kappa shape index (κ2) is 8.67. The average Bonchev–Trinajstić information content (AvgIpc) is 2.71. The Labute approximate surface area is 180 Å². The van der Waals surface area contributed by atoms with Crippen molar-refractivity contribution in [1.82, 2.24) is 20.6 Å². The van der Waals surface area contributed by atoms with Gasteiger partial charge in [0.25, 0.3) is 5.91 Å². The second-order valence-corrected chi connectivity index (χ2v) is 8.07. The van der Waals surface area contributed by atoms with Crippen LogP contribution in [0.4, 0.5) is 9.18 Å². The average molecular weight is 424 g/mol. The summed E-state index contributed by atoms with van der Waals surface area (Å²) in [5.74, 6) is -0.900. The first kappa shape index (κ1) is 22.1. The molecule has 3 aromatic rings. The summed E-state index contributed by atoms with van der Waals surface area (Å²) in [5, 5.41) is 5.73. The van der Waals surface area contributed by atoms with Gasteiger partial charge in [-0.05, 0) is 58.0 Å². The monoisotopic (exact) mass is 424 g/mol. The fourth-order valence-corrected chi connectivity index (χ4v) is 3.25. The predicted molar refractivity (Wildman–Crippen MR) is 116 cm³/mol. The van der Waals surface area contributed by atoms with E-state index >= 15 is 0 Å². The van der Waals surface area contributed by atoms with Gasteiger partial charge in [-0.3, -0.25) is 9.78 Å². The van der Waals surface area contributed by atoms with Crippen molar-refractivity contribution >= 4 is 22.9 Å². The Morgan fingerprint density at radius 2 is 1.90 bits per heavy atom. The van der Waals surface area contributed by atoms with Crippen LogP contribution in [-0.2, 0) is 4.74 Å². The lowest BCUT2D eigenvalue weighted by Crippen LogP contribution is -2.34. The molecule has 1 unspecified atom stereocenters. The first-order valence-electron chi connectivity index (χ1n) is 9.87. The topological polar surface area (TPSA) is 93.2 Å². The maximum absolute atomic E-state index is 14.1. The summed E-state index contributed by atoms with van der Waals surface area (Å²) in [4.78, 5) is 34.3. The van der Waals surface area contributed by atoms with Crippen molar-refractivity contribution in [3.8, 4) is 11.3 Å². The lowest BCUT2D eigenvalue weighted by molar-refractivity contribution is 0.0507. The molecule has 2 amide bonds. The van der Waals surface area contributed by atoms with Gasteiger partial charge in [-0.25, -0.2) is 14.2 Å². The van der Waals surface area contributed by atoms with Gasteiger partial charge in [0.1, 0.15) is 11.4 Å². The fraction of sp³-hybridized carbons (Fsp3) is 0.304. The van der Waals surface area contributed by atoms with Crippen molar-refractivity contribution in [1.29, 1.82) is 0 Å². The molecule has 2 N–H and O–H groups in total. The highest BCUT2D eigenvalue weighted by molar-refractivity contribution is 6.11. The van der Waals surface area contributed by atoms with Gasteiger partial charge in [-0.1, -0.05) is 6.07 Å². The molecule has 0 saturated heterocycles. The lowest BCUT2D eigenvalue weighted by Gasteiger charge is -2.24. The van der Waals surface area contributed by atoms with Crippen molar-refractivity contribution in [2.45, 2.75) is 39.3 Å². The number of benzene rings is 1. The van der Waals surface area contributed by atoms with E-state index in [1.165, 1.54) is 25.2 Å². The molecule has 0 aliphatic heterocycles. The molecule has 3 rings (SSSR count). The van der Waals surface area contributed by atoms with Crippen LogP contribution in [0.1, 0.15) is 49.8 Å². The Balaban J connectivity index is 2.26. The molecule has 7 nitrogen and oxygen atoms in total. The molecule has 8 heteroatoms. The number of amides is 2. The number of halogens is 1. The summed E-state index contributed by atoms with van der Waals surface area (Å²) >= 11 is 0. The number of ether oxygens (including phenoxy) is 1. The van der Waals surface area contributed by atoms with Gasteiger partial charge in [0.15, 0.2) is 0 Å². The van der Waals surface area contributed by atoms with Crippen LogP contribution in [0, 0.1) is 5.82 Å². The van der Waals surface area contributed by atoms with Crippen molar-refractivity contribution in [2.75, 3.05) is 7.05 Å². The van der Waals surface area contributed by atoms with E-state index in [4.69, 9.17) is 4.74 Å². The Hall–Kier alpha value is -3.55. The Morgan fingerprint density at radius 1 is 1.16 bits per heavy atom. The van der Waals surface area contributed by atoms with Gasteiger partial charge in [0.2, 0.25) is 0 Å². The normalized spacial score (nSPS) is 12.3. The zero-order chi connectivity index (χ0) is 22.8. The van der Waals surface area contributed by atoms with Gasteiger partial charge < -0.3 is 15.4 Å². The number of rotatable bonds is 4. The zero-order valence-corrected chi connectivity index (χ0v) is 18.1. The highest BCUT2D eigenvalue weighted by Gasteiger charge is 2.27. The van der Waals surface area contributed by atoms with Gasteiger partial charge >= 0.3 is 6.09 Å². The van der Waals surface area contributed by atoms with E-state index < -0.39 is 29.5 Å². The summed E-state index contributed by atoms with van der Waals surface area (Å²) in [5.41, 5.74) is 1.30. The quantitative estimate of drug-likeness (QED) is 0.648. The molecule has 0 aliphatic carbocycles. The van der Waals surface area contributed by atoms with Crippen LogP contribution in [-0.4, -0.2) is 34.6 Å². The van der Waals surface area contributed by atoms with Crippen molar-refractivity contribution < 1.29 is 18.7 Å². The third kappa shape index (κ3) is 4.96. The standard InChI is InChI=1S/C23H25FN4O3/c1-13(27-22(30)31-23(2,3)4)20-19(17-8-6-7-11-26-17)18(21(29)25-5)15-12-14(24)9-10-16(15)28-20/h6-13H,1-5H3,(H,25,29)(H,27,30). The number of nitrogens with zero attached hydrogens (tertiary/aromatic N) is 2. The van der Waals surface area contributed by atoms with E-state index in [1.807, 2.05) is 0 Å². The Kier molecular flexibility index (Phi) is 6.19. The van der Waals surface area contributed by atoms with Crippen LogP contribution in [0.5, 0.6) is 0 Å². The summed E-state index contributed by atoms with van der Waals surface area (Å²) in [6, 6.07) is 8.70. The summed E-state index contributed by atoms with van der Waals surface area (Å²) < 4.78 is 19.4. The molecule has 0 aliphatic rings. The number of pyridine rings is 2. The summed E-state index contributed by atoms with van der Waals surface area (Å²) in [6.45, 7) is 7.04. The number of hydrogen-bond donors (Lipinski definition) is 2. The van der Waals surface area contributed by atoms with Gasteiger partial charge in [0.05, 0.1) is 28.5 Å². The largest absolute Gasteiger partial charge is 0.444 e. The van der Waals surface area contributed by atoms with E-state index in [0.29, 0.717) is 27.9 Å². The van der Waals surface area contributed by atoms with Crippen LogP contribution in [0.25, 0.3) is 22.2 Å². The van der Waals surface area contributed by atoms with Gasteiger partial charge in [-0.15, -0.1) is 0 Å². The van der Waals surface area contributed by atoms with E-state index in [9.17, 15) is 14.0 Å². The lowest BCUT2D eigenvalue weighted by atomic mass is 9.94. The molecule has 1 atom stereocenters. The molecule has 0 fully saturated rings. The molecule has 1 aromatic carbocycles. The number of hydrogen-bond acceptors (Lipinski definition) is 5.